The van der Waals surface area contributed by atoms with Crippen LogP contribution in [0.15, 0.2) is 33.7 Å². The second-order valence-electron chi connectivity index (χ2n) is 6.32. The monoisotopic (exact) mass is 325 g/mol. The first kappa shape index (κ1) is 15.0. The van der Waals surface area contributed by atoms with Crippen molar-refractivity contribution in [1.29, 1.82) is 0 Å². The minimum atomic E-state index is -0.0511. The van der Waals surface area contributed by atoms with Crippen LogP contribution in [0.4, 0.5) is 0 Å². The molecule has 3 aromatic heterocycles. The average Bonchev–Trinajstić information content (AvgIpc) is 3.17. The normalized spacial score (nSPS) is 18.5. The molecule has 0 aliphatic carbocycles. The summed E-state index contributed by atoms with van der Waals surface area (Å²) in [6, 6.07) is 5.58. The van der Waals surface area contributed by atoms with Gasteiger partial charge in [-0.2, -0.15) is 4.98 Å². The summed E-state index contributed by atoms with van der Waals surface area (Å²) in [6.07, 6.45) is 3.88. The van der Waals surface area contributed by atoms with E-state index in [1.54, 1.807) is 17.4 Å². The smallest absolute Gasteiger partial charge is 0.258 e. The lowest BCUT2D eigenvalue weighted by molar-refractivity contribution is 0.231. The Labute approximate surface area is 138 Å². The van der Waals surface area contributed by atoms with Crippen LogP contribution in [0.2, 0.25) is 0 Å². The molecule has 0 amide bonds. The minimum absolute atomic E-state index is 0.0511. The molecule has 0 saturated carbocycles. The van der Waals surface area contributed by atoms with E-state index in [2.05, 4.69) is 20.0 Å². The van der Waals surface area contributed by atoms with Crippen molar-refractivity contribution in [2.24, 2.45) is 0 Å². The van der Waals surface area contributed by atoms with Crippen LogP contribution in [0.5, 0.6) is 0 Å². The van der Waals surface area contributed by atoms with Crippen molar-refractivity contribution in [2.45, 2.75) is 39.3 Å². The van der Waals surface area contributed by atoms with E-state index in [0.717, 1.165) is 36.5 Å². The van der Waals surface area contributed by atoms with E-state index < -0.39 is 0 Å². The molecular formula is C17H19N5O2. The molecule has 124 valence electrons. The van der Waals surface area contributed by atoms with Gasteiger partial charge >= 0.3 is 0 Å². The molecule has 1 fully saturated rings. The van der Waals surface area contributed by atoms with E-state index in [-0.39, 0.29) is 11.6 Å². The quantitative estimate of drug-likeness (QED) is 0.733. The van der Waals surface area contributed by atoms with E-state index in [1.165, 1.54) is 0 Å². The van der Waals surface area contributed by atoms with Crippen LogP contribution in [0.1, 0.15) is 41.9 Å². The maximum atomic E-state index is 12.3. The third-order valence-electron chi connectivity index (χ3n) is 4.43. The van der Waals surface area contributed by atoms with Gasteiger partial charge in [-0.15, -0.1) is 0 Å². The second kappa shape index (κ2) is 5.83. The Kier molecular flexibility index (Phi) is 3.65. The summed E-state index contributed by atoms with van der Waals surface area (Å²) in [5.74, 6) is 1.30. The second-order valence-corrected chi connectivity index (χ2v) is 6.32. The Bertz CT molecular complexity index is 946. The summed E-state index contributed by atoms with van der Waals surface area (Å²) < 4.78 is 6.69. The van der Waals surface area contributed by atoms with Crippen LogP contribution in [0.25, 0.3) is 5.65 Å². The first-order valence-electron chi connectivity index (χ1n) is 8.13. The number of aryl methyl sites for hydroxylation is 2. The highest BCUT2D eigenvalue weighted by Crippen LogP contribution is 2.31. The van der Waals surface area contributed by atoms with Gasteiger partial charge in [0.05, 0.1) is 11.7 Å². The topological polar surface area (TPSA) is 76.5 Å². The molecule has 0 spiro atoms. The van der Waals surface area contributed by atoms with Crippen molar-refractivity contribution in [3.05, 3.63) is 57.7 Å². The number of rotatable bonds is 3. The van der Waals surface area contributed by atoms with Crippen LogP contribution >= 0.6 is 0 Å². The molecule has 4 rings (SSSR count). The molecule has 7 nitrogen and oxygen atoms in total. The van der Waals surface area contributed by atoms with Crippen molar-refractivity contribution in [1.82, 2.24) is 24.4 Å². The largest absolute Gasteiger partial charge is 0.340 e. The number of fused-ring (bicyclic) bond motifs is 1. The first-order chi connectivity index (χ1) is 11.6. The predicted octanol–water partition coefficient (Wildman–Crippen LogP) is 2.03. The molecule has 0 unspecified atom stereocenters. The molecular weight excluding hydrogens is 306 g/mol. The molecule has 24 heavy (non-hydrogen) atoms. The van der Waals surface area contributed by atoms with E-state index in [9.17, 15) is 4.79 Å². The molecule has 3 aromatic rings. The van der Waals surface area contributed by atoms with Gasteiger partial charge in [0.2, 0.25) is 5.89 Å². The van der Waals surface area contributed by atoms with Crippen LogP contribution in [0.3, 0.4) is 0 Å². The molecule has 1 aliphatic heterocycles. The fourth-order valence-electron chi connectivity index (χ4n) is 3.31. The number of nitrogens with zero attached hydrogens (tertiary/aromatic N) is 5. The van der Waals surface area contributed by atoms with Crippen LogP contribution in [-0.4, -0.2) is 31.0 Å². The Hall–Kier alpha value is -2.54. The van der Waals surface area contributed by atoms with E-state index in [4.69, 9.17) is 4.52 Å². The van der Waals surface area contributed by atoms with Gasteiger partial charge in [-0.1, -0.05) is 11.2 Å². The highest BCUT2D eigenvalue weighted by atomic mass is 16.5. The molecule has 1 saturated heterocycles. The Morgan fingerprint density at radius 1 is 1.29 bits per heavy atom. The minimum Gasteiger partial charge on any atom is -0.340 e. The predicted molar refractivity (Wildman–Crippen MR) is 87.6 cm³/mol. The maximum Gasteiger partial charge on any atom is 0.258 e. The Balaban J connectivity index is 1.64. The third-order valence-corrected chi connectivity index (χ3v) is 4.43. The lowest BCUT2D eigenvalue weighted by Gasteiger charge is -2.21. The zero-order chi connectivity index (χ0) is 16.7. The standard InChI is InChI=1S/C17H19N5O2/c1-11-5-6-15-19-13(8-16(23)22(15)9-11)10-21-7-3-4-14(21)17-18-12(2)24-20-17/h5-6,8-9,14H,3-4,7,10H2,1-2H3/t14-/m1/s1. The van der Waals surface area contributed by atoms with Gasteiger partial charge in [0.1, 0.15) is 5.65 Å². The fraction of sp³-hybridized carbons (Fsp3) is 0.412. The number of aromatic nitrogens is 4. The summed E-state index contributed by atoms with van der Waals surface area (Å²) in [5, 5.41) is 4.05. The first-order valence-corrected chi connectivity index (χ1v) is 8.13. The van der Waals surface area contributed by atoms with Gasteiger partial charge in [-0.3, -0.25) is 14.1 Å². The van der Waals surface area contributed by atoms with Crippen LogP contribution < -0.4 is 5.56 Å². The lowest BCUT2D eigenvalue weighted by atomic mass is 10.2. The molecule has 0 radical (unpaired) electrons. The van der Waals surface area contributed by atoms with Crippen molar-refractivity contribution in [3.8, 4) is 0 Å². The highest BCUT2D eigenvalue weighted by molar-refractivity contribution is 5.39. The van der Waals surface area contributed by atoms with Gasteiger partial charge in [0.25, 0.3) is 5.56 Å². The Morgan fingerprint density at radius 3 is 2.96 bits per heavy atom. The summed E-state index contributed by atoms with van der Waals surface area (Å²) >= 11 is 0. The van der Waals surface area contributed by atoms with Gasteiger partial charge in [0, 0.05) is 25.7 Å². The Morgan fingerprint density at radius 2 is 2.17 bits per heavy atom. The highest BCUT2D eigenvalue weighted by Gasteiger charge is 2.30. The van der Waals surface area contributed by atoms with E-state index in [0.29, 0.717) is 18.1 Å². The average molecular weight is 325 g/mol. The molecule has 1 aliphatic rings. The van der Waals surface area contributed by atoms with Crippen molar-refractivity contribution >= 4 is 5.65 Å². The number of likely N-dealkylation sites (tertiary alicyclic amines) is 1. The summed E-state index contributed by atoms with van der Waals surface area (Å²) in [4.78, 5) is 23.6. The van der Waals surface area contributed by atoms with Gasteiger partial charge in [-0.05, 0) is 37.9 Å². The number of hydrogen-bond acceptors (Lipinski definition) is 6. The lowest BCUT2D eigenvalue weighted by Crippen LogP contribution is -2.26. The SMILES string of the molecule is Cc1ccc2nc(CN3CCC[C@@H]3c3noc(C)n3)cc(=O)n2c1. The molecule has 1 atom stereocenters. The molecule has 0 bridgehead atoms. The van der Waals surface area contributed by atoms with Gasteiger partial charge in [0.15, 0.2) is 5.82 Å². The molecule has 0 N–H and O–H groups in total. The third kappa shape index (κ3) is 2.71. The van der Waals surface area contributed by atoms with E-state index in [1.807, 2.05) is 25.3 Å². The molecule has 7 heteroatoms. The van der Waals surface area contributed by atoms with E-state index >= 15 is 0 Å². The zero-order valence-electron chi connectivity index (χ0n) is 13.8. The summed E-state index contributed by atoms with van der Waals surface area (Å²) in [6.45, 7) is 5.30. The van der Waals surface area contributed by atoms with Crippen molar-refractivity contribution in [2.75, 3.05) is 6.54 Å². The molecule has 4 heterocycles. The number of pyridine rings is 1. The van der Waals surface area contributed by atoms with Crippen LogP contribution in [-0.2, 0) is 6.54 Å². The van der Waals surface area contributed by atoms with Gasteiger partial charge in [-0.25, -0.2) is 4.98 Å². The van der Waals surface area contributed by atoms with Crippen LogP contribution in [0, 0.1) is 13.8 Å². The molecule has 0 aromatic carbocycles. The van der Waals surface area contributed by atoms with Crippen molar-refractivity contribution in [3.63, 3.8) is 0 Å². The number of hydrogen-bond donors (Lipinski definition) is 0. The fourth-order valence-corrected chi connectivity index (χ4v) is 3.31. The summed E-state index contributed by atoms with van der Waals surface area (Å²) in [7, 11) is 0. The van der Waals surface area contributed by atoms with Gasteiger partial charge < -0.3 is 4.52 Å². The zero-order valence-corrected chi connectivity index (χ0v) is 13.8. The van der Waals surface area contributed by atoms with Crippen molar-refractivity contribution < 1.29 is 4.52 Å². The summed E-state index contributed by atoms with van der Waals surface area (Å²) in [5.41, 5.74) is 2.43. The maximum absolute atomic E-state index is 12.3.